The third-order valence-electron chi connectivity index (χ3n) is 4.27. The summed E-state index contributed by atoms with van der Waals surface area (Å²) in [6.45, 7) is 6.86. The molecule has 0 saturated heterocycles. The van der Waals surface area contributed by atoms with Crippen LogP contribution in [0.5, 0.6) is 0 Å². The SMILES string of the molecule is Cc1cn2c(n1)CC[C@H](NC(=O)CCCc1nc(C(C)C)no1)C2. The van der Waals surface area contributed by atoms with Gasteiger partial charge < -0.3 is 14.4 Å². The van der Waals surface area contributed by atoms with Crippen LogP contribution in [-0.4, -0.2) is 31.6 Å². The molecule has 0 spiro atoms. The first kappa shape index (κ1) is 16.7. The van der Waals surface area contributed by atoms with Gasteiger partial charge in [-0.05, 0) is 19.8 Å². The molecule has 130 valence electrons. The summed E-state index contributed by atoms with van der Waals surface area (Å²) in [7, 11) is 0. The number of rotatable bonds is 6. The molecule has 7 heteroatoms. The van der Waals surface area contributed by atoms with E-state index in [1.54, 1.807) is 0 Å². The lowest BCUT2D eigenvalue weighted by molar-refractivity contribution is -0.122. The molecule has 0 fully saturated rings. The van der Waals surface area contributed by atoms with Gasteiger partial charge in [-0.25, -0.2) is 4.98 Å². The largest absolute Gasteiger partial charge is 0.352 e. The lowest BCUT2D eigenvalue weighted by atomic mass is 10.1. The van der Waals surface area contributed by atoms with Crippen LogP contribution in [0.1, 0.15) is 62.3 Å². The van der Waals surface area contributed by atoms with Gasteiger partial charge in [0.2, 0.25) is 11.8 Å². The topological polar surface area (TPSA) is 85.8 Å². The third-order valence-corrected chi connectivity index (χ3v) is 4.27. The molecule has 1 atom stereocenters. The maximum absolute atomic E-state index is 12.1. The summed E-state index contributed by atoms with van der Waals surface area (Å²) in [5, 5.41) is 7.06. The van der Waals surface area contributed by atoms with Gasteiger partial charge in [0.25, 0.3) is 0 Å². The van der Waals surface area contributed by atoms with Gasteiger partial charge >= 0.3 is 0 Å². The van der Waals surface area contributed by atoms with Crippen molar-refractivity contribution in [2.45, 2.75) is 71.4 Å². The first-order chi connectivity index (χ1) is 11.5. The van der Waals surface area contributed by atoms with Gasteiger partial charge in [0.15, 0.2) is 5.82 Å². The molecule has 0 bridgehead atoms. The number of carbonyl (C=O) groups is 1. The molecule has 1 aliphatic heterocycles. The number of imidazole rings is 1. The van der Waals surface area contributed by atoms with Crippen molar-refractivity contribution in [2.75, 3.05) is 0 Å². The standard InChI is InChI=1S/C17H25N5O2/c1-11(2)17-20-16(24-21-17)6-4-5-15(23)19-13-7-8-14-18-12(3)9-22(14)10-13/h9,11,13H,4-8,10H2,1-3H3,(H,19,23)/t13-/m0/s1. The molecule has 2 aromatic heterocycles. The van der Waals surface area contributed by atoms with Crippen molar-refractivity contribution in [2.24, 2.45) is 0 Å². The molecule has 0 radical (unpaired) electrons. The molecule has 1 aliphatic rings. The molecule has 0 aliphatic carbocycles. The fraction of sp³-hybridized carbons (Fsp3) is 0.647. The van der Waals surface area contributed by atoms with Gasteiger partial charge in [-0.3, -0.25) is 4.79 Å². The van der Waals surface area contributed by atoms with E-state index in [1.165, 1.54) is 0 Å². The molecule has 2 aromatic rings. The van der Waals surface area contributed by atoms with E-state index in [0.717, 1.165) is 36.7 Å². The molecular formula is C17H25N5O2. The molecule has 1 N–H and O–H groups in total. The number of fused-ring (bicyclic) bond motifs is 1. The summed E-state index contributed by atoms with van der Waals surface area (Å²) in [5.41, 5.74) is 1.04. The second-order valence-electron chi connectivity index (χ2n) is 6.81. The zero-order valence-electron chi connectivity index (χ0n) is 14.6. The van der Waals surface area contributed by atoms with Crippen molar-refractivity contribution in [3.05, 3.63) is 29.4 Å². The Morgan fingerprint density at radius 2 is 2.29 bits per heavy atom. The number of hydrogen-bond donors (Lipinski definition) is 1. The molecule has 7 nitrogen and oxygen atoms in total. The van der Waals surface area contributed by atoms with Gasteiger partial charge in [-0.2, -0.15) is 4.98 Å². The number of carbonyl (C=O) groups excluding carboxylic acids is 1. The quantitative estimate of drug-likeness (QED) is 0.876. The second kappa shape index (κ2) is 7.15. The van der Waals surface area contributed by atoms with Crippen molar-refractivity contribution < 1.29 is 9.32 Å². The normalized spacial score (nSPS) is 17.1. The predicted octanol–water partition coefficient (Wildman–Crippen LogP) is 2.15. The summed E-state index contributed by atoms with van der Waals surface area (Å²) in [6, 6.07) is 0.189. The van der Waals surface area contributed by atoms with Gasteiger partial charge in [-0.15, -0.1) is 0 Å². The van der Waals surface area contributed by atoms with E-state index in [4.69, 9.17) is 4.52 Å². The molecule has 0 unspecified atom stereocenters. The number of aromatic nitrogens is 4. The minimum atomic E-state index is 0.0869. The zero-order valence-corrected chi connectivity index (χ0v) is 14.6. The van der Waals surface area contributed by atoms with Gasteiger partial charge in [0.1, 0.15) is 5.82 Å². The second-order valence-corrected chi connectivity index (χ2v) is 6.81. The van der Waals surface area contributed by atoms with Crippen LogP contribution in [0.3, 0.4) is 0 Å². The highest BCUT2D eigenvalue weighted by molar-refractivity contribution is 5.76. The minimum absolute atomic E-state index is 0.0869. The van der Waals surface area contributed by atoms with Crippen LogP contribution in [0.4, 0.5) is 0 Å². The predicted molar refractivity (Wildman–Crippen MR) is 88.5 cm³/mol. The lowest BCUT2D eigenvalue weighted by Crippen LogP contribution is -2.40. The number of nitrogens with zero attached hydrogens (tertiary/aromatic N) is 4. The first-order valence-electron chi connectivity index (χ1n) is 8.65. The molecule has 3 heterocycles. The Balaban J connectivity index is 1.41. The van der Waals surface area contributed by atoms with Crippen molar-refractivity contribution in [1.82, 2.24) is 25.0 Å². The minimum Gasteiger partial charge on any atom is -0.352 e. The van der Waals surface area contributed by atoms with Gasteiger partial charge in [0, 0.05) is 44.0 Å². The van der Waals surface area contributed by atoms with E-state index in [-0.39, 0.29) is 17.9 Å². The average molecular weight is 331 g/mol. The van der Waals surface area contributed by atoms with Crippen molar-refractivity contribution in [1.29, 1.82) is 0 Å². The summed E-state index contributed by atoms with van der Waals surface area (Å²) < 4.78 is 7.34. The smallest absolute Gasteiger partial charge is 0.226 e. The van der Waals surface area contributed by atoms with E-state index < -0.39 is 0 Å². The Kier molecular flexibility index (Phi) is 4.97. The van der Waals surface area contributed by atoms with Gasteiger partial charge in [0.05, 0.1) is 5.69 Å². The highest BCUT2D eigenvalue weighted by Crippen LogP contribution is 2.15. The van der Waals surface area contributed by atoms with Crippen LogP contribution in [0, 0.1) is 6.92 Å². The Morgan fingerprint density at radius 3 is 3.04 bits per heavy atom. The number of amides is 1. The van der Waals surface area contributed by atoms with E-state index in [0.29, 0.717) is 25.2 Å². The van der Waals surface area contributed by atoms with Crippen LogP contribution < -0.4 is 5.32 Å². The fourth-order valence-corrected chi connectivity index (χ4v) is 3.01. The Bertz CT molecular complexity index is 704. The monoisotopic (exact) mass is 331 g/mol. The lowest BCUT2D eigenvalue weighted by Gasteiger charge is -2.24. The highest BCUT2D eigenvalue weighted by atomic mass is 16.5. The Hall–Kier alpha value is -2.18. The number of aryl methyl sites for hydroxylation is 3. The third kappa shape index (κ3) is 4.01. The molecule has 1 amide bonds. The molecule has 24 heavy (non-hydrogen) atoms. The molecule has 3 rings (SSSR count). The first-order valence-corrected chi connectivity index (χ1v) is 8.65. The van der Waals surface area contributed by atoms with Gasteiger partial charge in [-0.1, -0.05) is 19.0 Å². The van der Waals surface area contributed by atoms with Crippen LogP contribution in [0.25, 0.3) is 0 Å². The van der Waals surface area contributed by atoms with Crippen molar-refractivity contribution >= 4 is 5.91 Å². The van der Waals surface area contributed by atoms with Crippen LogP contribution >= 0.6 is 0 Å². The van der Waals surface area contributed by atoms with Crippen molar-refractivity contribution in [3.8, 4) is 0 Å². The zero-order chi connectivity index (χ0) is 17.1. The van der Waals surface area contributed by atoms with E-state index in [9.17, 15) is 4.79 Å². The highest BCUT2D eigenvalue weighted by Gasteiger charge is 2.21. The van der Waals surface area contributed by atoms with Crippen molar-refractivity contribution in [3.63, 3.8) is 0 Å². The number of hydrogen-bond acceptors (Lipinski definition) is 5. The van der Waals surface area contributed by atoms with Crippen LogP contribution in [0.2, 0.25) is 0 Å². The number of nitrogens with one attached hydrogen (secondary N) is 1. The Labute approximate surface area is 141 Å². The summed E-state index contributed by atoms with van der Waals surface area (Å²) in [4.78, 5) is 20.9. The maximum Gasteiger partial charge on any atom is 0.226 e. The van der Waals surface area contributed by atoms with E-state index >= 15 is 0 Å². The molecular weight excluding hydrogens is 306 g/mol. The van der Waals surface area contributed by atoms with E-state index in [1.807, 2.05) is 20.8 Å². The maximum atomic E-state index is 12.1. The summed E-state index contributed by atoms with van der Waals surface area (Å²) >= 11 is 0. The molecule has 0 saturated carbocycles. The van der Waals surface area contributed by atoms with E-state index in [2.05, 4.69) is 31.2 Å². The summed E-state index contributed by atoms with van der Waals surface area (Å²) in [5.74, 6) is 2.80. The molecule has 0 aromatic carbocycles. The summed E-state index contributed by atoms with van der Waals surface area (Å²) in [6.07, 6.45) is 5.75. The fourth-order valence-electron chi connectivity index (χ4n) is 3.01. The Morgan fingerprint density at radius 1 is 1.46 bits per heavy atom. The van der Waals surface area contributed by atoms with Crippen LogP contribution in [-0.2, 0) is 24.2 Å². The van der Waals surface area contributed by atoms with Crippen LogP contribution in [0.15, 0.2) is 10.7 Å². The average Bonchev–Trinajstić information content (AvgIpc) is 3.12.